The molecule has 11 nitrogen and oxygen atoms in total. The molecule has 0 radical (unpaired) electrons. The minimum absolute atomic E-state index is 0.0474. The lowest BCUT2D eigenvalue weighted by Crippen LogP contribution is -1.95. The average Bonchev–Trinajstić information content (AvgIpc) is 2.85. The lowest BCUT2D eigenvalue weighted by Gasteiger charge is -2.01. The van der Waals surface area contributed by atoms with Gasteiger partial charge in [0.2, 0.25) is 0 Å². The first-order valence-corrected chi connectivity index (χ1v) is 9.61. The minimum Gasteiger partial charge on any atom is -0.466 e. The molecular formula is C23H16N4O7. The first-order valence-electron chi connectivity index (χ1n) is 9.61. The fraction of sp³-hybridized carbons (Fsp3) is 0.0435. The first-order chi connectivity index (χ1) is 16.3. The van der Waals surface area contributed by atoms with E-state index in [0.717, 1.165) is 6.08 Å². The van der Waals surface area contributed by atoms with Gasteiger partial charge < -0.3 is 4.74 Å². The molecule has 0 aliphatic carbocycles. The van der Waals surface area contributed by atoms with Gasteiger partial charge in [0.25, 0.3) is 11.4 Å². The van der Waals surface area contributed by atoms with Crippen molar-refractivity contribution in [3.8, 4) is 0 Å². The summed E-state index contributed by atoms with van der Waals surface area (Å²) < 4.78 is 4.45. The van der Waals surface area contributed by atoms with Crippen LogP contribution in [0.15, 0.2) is 67.0 Å². The average molecular weight is 460 g/mol. The molecule has 4 rings (SSSR count). The van der Waals surface area contributed by atoms with E-state index in [9.17, 15) is 29.8 Å². The molecule has 2 aromatic carbocycles. The molecule has 0 fully saturated rings. The van der Waals surface area contributed by atoms with Crippen LogP contribution in [0.25, 0.3) is 27.9 Å². The van der Waals surface area contributed by atoms with Crippen LogP contribution < -0.4 is 0 Å². The lowest BCUT2D eigenvalue weighted by molar-refractivity contribution is -0.385. The second-order valence-corrected chi connectivity index (χ2v) is 6.70. The van der Waals surface area contributed by atoms with Crippen molar-refractivity contribution < 1.29 is 24.2 Å². The van der Waals surface area contributed by atoms with Gasteiger partial charge in [-0.25, -0.2) is 4.79 Å². The van der Waals surface area contributed by atoms with Crippen LogP contribution in [0.5, 0.6) is 0 Å². The predicted molar refractivity (Wildman–Crippen MR) is 123 cm³/mol. The Morgan fingerprint density at radius 2 is 1.38 bits per heavy atom. The second kappa shape index (κ2) is 10.5. The number of pyridine rings is 2. The Balaban J connectivity index is 0.000000196. The van der Waals surface area contributed by atoms with Gasteiger partial charge in [-0.3, -0.25) is 35.0 Å². The molecular weight excluding hydrogens is 444 g/mol. The predicted octanol–water partition coefficient (Wildman–Crippen LogP) is 4.28. The number of ether oxygens (including phenoxy) is 1. The van der Waals surface area contributed by atoms with E-state index < -0.39 is 15.8 Å². The van der Waals surface area contributed by atoms with Crippen LogP contribution >= 0.6 is 0 Å². The molecule has 0 saturated heterocycles. The third kappa shape index (κ3) is 5.40. The molecule has 170 valence electrons. The van der Waals surface area contributed by atoms with E-state index in [1.807, 2.05) is 0 Å². The van der Waals surface area contributed by atoms with Crippen molar-refractivity contribution in [2.75, 3.05) is 7.11 Å². The highest BCUT2D eigenvalue weighted by molar-refractivity contribution is 5.92. The molecule has 0 aliphatic rings. The van der Waals surface area contributed by atoms with Crippen LogP contribution in [0.2, 0.25) is 0 Å². The van der Waals surface area contributed by atoms with Crippen molar-refractivity contribution >= 4 is 51.5 Å². The molecule has 4 aromatic rings. The summed E-state index contributed by atoms with van der Waals surface area (Å²) >= 11 is 0. The number of nitro groups is 2. The summed E-state index contributed by atoms with van der Waals surface area (Å²) in [5.74, 6) is -0.574. The number of benzene rings is 2. The zero-order valence-corrected chi connectivity index (χ0v) is 17.7. The number of methoxy groups -OCH3 is 1. The maximum atomic E-state index is 11.0. The Morgan fingerprint density at radius 1 is 0.882 bits per heavy atom. The molecule has 0 amide bonds. The molecule has 0 bridgehead atoms. The number of fused-ring (bicyclic) bond motifs is 2. The number of esters is 1. The number of rotatable bonds is 5. The number of hydrogen-bond acceptors (Lipinski definition) is 9. The summed E-state index contributed by atoms with van der Waals surface area (Å²) in [6.45, 7) is 0. The number of aromatic nitrogens is 2. The number of carbonyl (C=O) groups is 2. The standard InChI is InChI=1S/C13H10N2O4.C10H6N2O3/c1-19-13(16)5-4-10-7-11-9(3-2-6-14-11)8-12(10)15(17)18;13-6-8-4-9-7(2-1-3-11-9)5-10(8)12(14)15/h2-8H,1H3;1-6H/b5-4+;. The molecule has 34 heavy (non-hydrogen) atoms. The highest BCUT2D eigenvalue weighted by atomic mass is 16.6. The quantitative estimate of drug-likeness (QED) is 0.139. The van der Waals surface area contributed by atoms with E-state index in [1.165, 1.54) is 31.4 Å². The zero-order chi connectivity index (χ0) is 24.7. The number of aldehydes is 1. The van der Waals surface area contributed by atoms with E-state index in [-0.39, 0.29) is 16.9 Å². The molecule has 0 N–H and O–H groups in total. The van der Waals surface area contributed by atoms with E-state index in [2.05, 4.69) is 14.7 Å². The van der Waals surface area contributed by atoms with E-state index in [1.54, 1.807) is 42.7 Å². The zero-order valence-electron chi connectivity index (χ0n) is 17.7. The molecule has 0 saturated carbocycles. The molecule has 2 aromatic heterocycles. The summed E-state index contributed by atoms with van der Waals surface area (Å²) in [7, 11) is 1.24. The molecule has 0 unspecified atom stereocenters. The van der Waals surface area contributed by atoms with Crippen LogP contribution in [0.3, 0.4) is 0 Å². The Morgan fingerprint density at radius 3 is 1.85 bits per heavy atom. The fourth-order valence-corrected chi connectivity index (χ4v) is 3.02. The first kappa shape index (κ1) is 23.6. The molecule has 11 heteroatoms. The van der Waals surface area contributed by atoms with Gasteiger partial charge in [-0.2, -0.15) is 0 Å². The molecule has 2 heterocycles. The highest BCUT2D eigenvalue weighted by Crippen LogP contribution is 2.26. The topological polar surface area (TPSA) is 155 Å². The Bertz CT molecular complexity index is 1450. The Kier molecular flexibility index (Phi) is 7.29. The van der Waals surface area contributed by atoms with Gasteiger partial charge in [-0.1, -0.05) is 12.1 Å². The monoisotopic (exact) mass is 460 g/mol. The number of nitrogens with zero attached hydrogens (tertiary/aromatic N) is 4. The maximum absolute atomic E-state index is 11.0. The van der Waals surface area contributed by atoms with E-state index in [4.69, 9.17) is 0 Å². The Labute approximate surface area is 191 Å². The number of nitro benzene ring substituents is 2. The van der Waals surface area contributed by atoms with Gasteiger partial charge >= 0.3 is 5.97 Å². The van der Waals surface area contributed by atoms with Gasteiger partial charge in [-0.05, 0) is 30.3 Å². The van der Waals surface area contributed by atoms with Crippen molar-refractivity contribution in [1.82, 2.24) is 9.97 Å². The van der Waals surface area contributed by atoms with Crippen molar-refractivity contribution in [2.45, 2.75) is 0 Å². The minimum atomic E-state index is -0.574. The van der Waals surface area contributed by atoms with Crippen molar-refractivity contribution in [3.05, 3.63) is 98.4 Å². The van der Waals surface area contributed by atoms with Gasteiger partial charge in [-0.15, -0.1) is 0 Å². The summed E-state index contributed by atoms with van der Waals surface area (Å²) in [5.41, 5.74) is 1.28. The van der Waals surface area contributed by atoms with Crippen molar-refractivity contribution in [3.63, 3.8) is 0 Å². The number of hydrogen-bond donors (Lipinski definition) is 0. The van der Waals surface area contributed by atoms with Crippen LogP contribution in [0.4, 0.5) is 11.4 Å². The fourth-order valence-electron chi connectivity index (χ4n) is 3.02. The highest BCUT2D eigenvalue weighted by Gasteiger charge is 2.15. The van der Waals surface area contributed by atoms with Crippen LogP contribution in [-0.4, -0.2) is 39.2 Å². The van der Waals surface area contributed by atoms with Gasteiger partial charge in [0.15, 0.2) is 6.29 Å². The maximum Gasteiger partial charge on any atom is 0.330 e. The summed E-state index contributed by atoms with van der Waals surface area (Å²) in [6.07, 6.45) is 6.12. The van der Waals surface area contributed by atoms with E-state index in [0.29, 0.717) is 33.7 Å². The number of carbonyl (C=O) groups excluding carboxylic acids is 2. The van der Waals surface area contributed by atoms with Crippen LogP contribution in [0, 0.1) is 20.2 Å². The van der Waals surface area contributed by atoms with Gasteiger partial charge in [0.05, 0.1) is 39.1 Å². The third-order valence-corrected chi connectivity index (χ3v) is 4.62. The largest absolute Gasteiger partial charge is 0.466 e. The Hall–Kier alpha value is -5.06. The van der Waals surface area contributed by atoms with Crippen molar-refractivity contribution in [1.29, 1.82) is 0 Å². The smallest absolute Gasteiger partial charge is 0.330 e. The molecule has 0 spiro atoms. The molecule has 0 atom stereocenters. The van der Waals surface area contributed by atoms with Crippen molar-refractivity contribution in [2.24, 2.45) is 0 Å². The summed E-state index contributed by atoms with van der Waals surface area (Å²) in [4.78, 5) is 50.4. The SMILES string of the molecule is COC(=O)/C=C/c1cc2ncccc2cc1[N+](=O)[O-].O=Cc1cc2ncccc2cc1[N+](=O)[O-]. The van der Waals surface area contributed by atoms with E-state index >= 15 is 0 Å². The summed E-state index contributed by atoms with van der Waals surface area (Å²) in [5, 5.41) is 23.0. The summed E-state index contributed by atoms with van der Waals surface area (Å²) in [6, 6.07) is 12.6. The second-order valence-electron chi connectivity index (χ2n) is 6.70. The van der Waals surface area contributed by atoms with Crippen LogP contribution in [0.1, 0.15) is 15.9 Å². The lowest BCUT2D eigenvalue weighted by atomic mass is 10.1. The normalized spacial score (nSPS) is 10.5. The third-order valence-electron chi connectivity index (χ3n) is 4.62. The van der Waals surface area contributed by atoms with Crippen LogP contribution in [-0.2, 0) is 9.53 Å². The van der Waals surface area contributed by atoms with Gasteiger partial charge in [0.1, 0.15) is 0 Å². The molecule has 0 aliphatic heterocycles. The van der Waals surface area contributed by atoms with Gasteiger partial charge in [0, 0.05) is 41.4 Å².